The van der Waals surface area contributed by atoms with Gasteiger partial charge in [-0.2, -0.15) is 0 Å². The Morgan fingerprint density at radius 2 is 2.19 bits per heavy atom. The minimum atomic E-state index is -1.03. The van der Waals surface area contributed by atoms with E-state index in [9.17, 15) is 4.79 Å². The molecule has 88 valence electrons. The molecule has 1 rings (SSSR count). The minimum absolute atomic E-state index is 0.586. The van der Waals surface area contributed by atoms with E-state index in [0.29, 0.717) is 5.75 Å². The number of carbonyl (C=O) groups is 1. The Bertz CT molecular complexity index is 391. The maximum Gasteiger partial charge on any atom is 0.321 e. The highest BCUT2D eigenvalue weighted by Gasteiger charge is 2.34. The van der Waals surface area contributed by atoms with Crippen LogP contribution in [-0.2, 0) is 10.2 Å². The van der Waals surface area contributed by atoms with Crippen molar-refractivity contribution in [3.63, 3.8) is 0 Å². The van der Waals surface area contributed by atoms with Crippen LogP contribution in [0.25, 0.3) is 0 Å². The Hall–Kier alpha value is -1.62. The van der Waals surface area contributed by atoms with Gasteiger partial charge in [0.05, 0.1) is 13.3 Å². The van der Waals surface area contributed by atoms with Crippen molar-refractivity contribution >= 4 is 5.97 Å². The van der Waals surface area contributed by atoms with Crippen LogP contribution in [0, 0.1) is 0 Å². The molecule has 1 unspecified atom stereocenters. The normalized spacial score (nSPS) is 13.2. The quantitative estimate of drug-likeness (QED) is 0.789. The zero-order valence-electron chi connectivity index (χ0n) is 9.60. The molecule has 1 aromatic heterocycles. The lowest BCUT2D eigenvalue weighted by atomic mass is 9.79. The van der Waals surface area contributed by atoms with Crippen molar-refractivity contribution in [1.82, 2.24) is 4.98 Å². The average Bonchev–Trinajstić information content (AvgIpc) is 2.27. The van der Waals surface area contributed by atoms with Crippen LogP contribution in [0.1, 0.15) is 19.4 Å². The molecule has 0 radical (unpaired) electrons. The SMILES string of the molecule is COc1cncc(C(C)(C)C(N)C(=O)O)c1. The van der Waals surface area contributed by atoms with E-state index in [1.807, 2.05) is 0 Å². The number of methoxy groups -OCH3 is 1. The van der Waals surface area contributed by atoms with Crippen LogP contribution in [0.4, 0.5) is 0 Å². The van der Waals surface area contributed by atoms with E-state index in [2.05, 4.69) is 4.98 Å². The van der Waals surface area contributed by atoms with Gasteiger partial charge in [-0.05, 0) is 11.6 Å². The molecule has 5 heteroatoms. The highest BCUT2D eigenvalue weighted by molar-refractivity contribution is 5.75. The van der Waals surface area contributed by atoms with Gasteiger partial charge in [0.25, 0.3) is 0 Å². The van der Waals surface area contributed by atoms with E-state index in [-0.39, 0.29) is 0 Å². The molecule has 1 atom stereocenters. The van der Waals surface area contributed by atoms with Crippen molar-refractivity contribution in [2.45, 2.75) is 25.3 Å². The topological polar surface area (TPSA) is 85.4 Å². The van der Waals surface area contributed by atoms with Crippen LogP contribution in [0.3, 0.4) is 0 Å². The predicted molar refractivity (Wildman–Crippen MR) is 59.4 cm³/mol. The van der Waals surface area contributed by atoms with Gasteiger partial charge in [0, 0.05) is 11.6 Å². The number of aliphatic carboxylic acids is 1. The molecule has 0 saturated heterocycles. The van der Waals surface area contributed by atoms with Gasteiger partial charge in [-0.15, -0.1) is 0 Å². The largest absolute Gasteiger partial charge is 0.495 e. The standard InChI is InChI=1S/C11H16N2O3/c1-11(2,9(12)10(14)15)7-4-8(16-3)6-13-5-7/h4-6,9H,12H2,1-3H3,(H,14,15). The molecule has 0 amide bonds. The monoisotopic (exact) mass is 224 g/mol. The molecule has 1 heterocycles. The summed E-state index contributed by atoms with van der Waals surface area (Å²) in [7, 11) is 1.53. The average molecular weight is 224 g/mol. The van der Waals surface area contributed by atoms with Gasteiger partial charge in [0.1, 0.15) is 11.8 Å². The zero-order chi connectivity index (χ0) is 12.3. The van der Waals surface area contributed by atoms with E-state index in [4.69, 9.17) is 15.6 Å². The van der Waals surface area contributed by atoms with Crippen molar-refractivity contribution < 1.29 is 14.6 Å². The predicted octanol–water partition coefficient (Wildman–Crippen LogP) is 0.780. The Morgan fingerprint density at radius 3 is 2.69 bits per heavy atom. The fourth-order valence-corrected chi connectivity index (χ4v) is 1.37. The van der Waals surface area contributed by atoms with Crippen LogP contribution in [0.2, 0.25) is 0 Å². The van der Waals surface area contributed by atoms with E-state index in [1.54, 1.807) is 32.3 Å². The van der Waals surface area contributed by atoms with Crippen LogP contribution >= 0.6 is 0 Å². The van der Waals surface area contributed by atoms with Gasteiger partial charge in [-0.3, -0.25) is 9.78 Å². The number of carboxylic acid groups (broad SMARTS) is 1. The number of rotatable bonds is 4. The number of carboxylic acids is 1. The minimum Gasteiger partial charge on any atom is -0.495 e. The second-order valence-corrected chi connectivity index (χ2v) is 4.15. The van der Waals surface area contributed by atoms with Crippen LogP contribution < -0.4 is 10.5 Å². The molecule has 0 aromatic carbocycles. The summed E-state index contributed by atoms with van der Waals surface area (Å²) in [5.41, 5.74) is 5.69. The lowest BCUT2D eigenvalue weighted by Gasteiger charge is -2.28. The van der Waals surface area contributed by atoms with Crippen LogP contribution in [0.15, 0.2) is 18.5 Å². The third-order valence-electron chi connectivity index (χ3n) is 2.74. The van der Waals surface area contributed by atoms with Gasteiger partial charge >= 0.3 is 5.97 Å². The first-order valence-electron chi connectivity index (χ1n) is 4.87. The second-order valence-electron chi connectivity index (χ2n) is 4.15. The Labute approximate surface area is 94.2 Å². The highest BCUT2D eigenvalue weighted by atomic mass is 16.5. The van der Waals surface area contributed by atoms with E-state index in [1.165, 1.54) is 7.11 Å². The fourth-order valence-electron chi connectivity index (χ4n) is 1.37. The summed E-state index contributed by atoms with van der Waals surface area (Å²) in [5.74, 6) is -0.448. The maximum absolute atomic E-state index is 10.9. The van der Waals surface area contributed by atoms with Gasteiger partial charge in [0.15, 0.2) is 0 Å². The lowest BCUT2D eigenvalue weighted by Crippen LogP contribution is -2.46. The molecule has 0 aliphatic heterocycles. The molecular weight excluding hydrogens is 208 g/mol. The first-order valence-corrected chi connectivity index (χ1v) is 4.87. The lowest BCUT2D eigenvalue weighted by molar-refractivity contribution is -0.140. The summed E-state index contributed by atoms with van der Waals surface area (Å²) < 4.78 is 5.04. The van der Waals surface area contributed by atoms with Crippen molar-refractivity contribution in [2.24, 2.45) is 5.73 Å². The third kappa shape index (κ3) is 2.30. The second kappa shape index (κ2) is 4.49. The van der Waals surface area contributed by atoms with Gasteiger partial charge < -0.3 is 15.6 Å². The van der Waals surface area contributed by atoms with Crippen molar-refractivity contribution in [2.75, 3.05) is 7.11 Å². The summed E-state index contributed by atoms with van der Waals surface area (Å²) in [6.45, 7) is 3.53. The number of pyridine rings is 1. The molecular formula is C11H16N2O3. The third-order valence-corrected chi connectivity index (χ3v) is 2.74. The number of nitrogens with two attached hydrogens (primary N) is 1. The van der Waals surface area contributed by atoms with Crippen LogP contribution in [-0.4, -0.2) is 29.2 Å². The van der Waals surface area contributed by atoms with Crippen LogP contribution in [0.5, 0.6) is 5.75 Å². The number of hydrogen-bond donors (Lipinski definition) is 2. The van der Waals surface area contributed by atoms with Gasteiger partial charge in [-0.25, -0.2) is 0 Å². The molecule has 0 fully saturated rings. The molecule has 1 aromatic rings. The van der Waals surface area contributed by atoms with E-state index < -0.39 is 17.4 Å². The molecule has 0 spiro atoms. The Morgan fingerprint density at radius 1 is 1.56 bits per heavy atom. The first kappa shape index (κ1) is 12.4. The maximum atomic E-state index is 10.9. The summed E-state index contributed by atoms with van der Waals surface area (Å²) in [6, 6.07) is 0.761. The Balaban J connectivity index is 3.10. The molecule has 0 saturated carbocycles. The summed E-state index contributed by atoms with van der Waals surface area (Å²) in [5, 5.41) is 8.93. The van der Waals surface area contributed by atoms with Crippen molar-refractivity contribution in [1.29, 1.82) is 0 Å². The summed E-state index contributed by atoms with van der Waals surface area (Å²) >= 11 is 0. The smallest absolute Gasteiger partial charge is 0.321 e. The number of nitrogens with zero attached hydrogens (tertiary/aromatic N) is 1. The molecule has 3 N–H and O–H groups in total. The number of ether oxygens (including phenoxy) is 1. The van der Waals surface area contributed by atoms with E-state index >= 15 is 0 Å². The van der Waals surface area contributed by atoms with E-state index in [0.717, 1.165) is 5.56 Å². The van der Waals surface area contributed by atoms with Gasteiger partial charge in [0.2, 0.25) is 0 Å². The molecule has 5 nitrogen and oxygen atoms in total. The first-order chi connectivity index (χ1) is 7.39. The number of aromatic nitrogens is 1. The summed E-state index contributed by atoms with van der Waals surface area (Å²) in [4.78, 5) is 14.9. The van der Waals surface area contributed by atoms with Gasteiger partial charge in [-0.1, -0.05) is 13.8 Å². The highest BCUT2D eigenvalue weighted by Crippen LogP contribution is 2.28. The van der Waals surface area contributed by atoms with Crippen molar-refractivity contribution in [3.05, 3.63) is 24.0 Å². The Kier molecular flexibility index (Phi) is 3.49. The number of hydrogen-bond acceptors (Lipinski definition) is 4. The molecule has 0 aliphatic rings. The molecule has 0 aliphatic carbocycles. The van der Waals surface area contributed by atoms with Crippen molar-refractivity contribution in [3.8, 4) is 5.75 Å². The molecule has 0 bridgehead atoms. The fraction of sp³-hybridized carbons (Fsp3) is 0.455. The summed E-state index contributed by atoms with van der Waals surface area (Å²) in [6.07, 6.45) is 3.16. The molecule has 16 heavy (non-hydrogen) atoms. The zero-order valence-corrected chi connectivity index (χ0v) is 9.60.